The van der Waals surface area contributed by atoms with Gasteiger partial charge in [0.15, 0.2) is 5.82 Å². The minimum atomic E-state index is 0.363. The van der Waals surface area contributed by atoms with E-state index < -0.39 is 0 Å². The van der Waals surface area contributed by atoms with Crippen molar-refractivity contribution in [3.63, 3.8) is 0 Å². The van der Waals surface area contributed by atoms with Crippen LogP contribution < -0.4 is 5.73 Å². The standard InChI is InChI=1S/C11H15N3O2S/c1-4-15-5-8-13-11(16-14-8)9-6(2)7(3)17-10(9)12/h4-5,12H2,1-3H3. The number of nitrogen functional groups attached to an aromatic ring is 1. The van der Waals surface area contributed by atoms with Gasteiger partial charge in [-0.05, 0) is 26.3 Å². The minimum Gasteiger partial charge on any atom is -0.390 e. The molecule has 2 aromatic heterocycles. The highest BCUT2D eigenvalue weighted by Gasteiger charge is 2.18. The van der Waals surface area contributed by atoms with Crippen molar-refractivity contribution in [2.45, 2.75) is 27.4 Å². The lowest BCUT2D eigenvalue weighted by Gasteiger charge is -1.95. The van der Waals surface area contributed by atoms with Crippen LogP contribution in [0.3, 0.4) is 0 Å². The summed E-state index contributed by atoms with van der Waals surface area (Å²) >= 11 is 1.54. The van der Waals surface area contributed by atoms with Crippen LogP contribution in [-0.2, 0) is 11.3 Å². The average Bonchev–Trinajstić information content (AvgIpc) is 2.83. The van der Waals surface area contributed by atoms with Crippen LogP contribution in [0.25, 0.3) is 11.5 Å². The van der Waals surface area contributed by atoms with Crippen molar-refractivity contribution in [2.24, 2.45) is 0 Å². The van der Waals surface area contributed by atoms with Crippen molar-refractivity contribution in [3.05, 3.63) is 16.3 Å². The first-order valence-electron chi connectivity index (χ1n) is 5.39. The lowest BCUT2D eigenvalue weighted by molar-refractivity contribution is 0.126. The monoisotopic (exact) mass is 253 g/mol. The molecule has 5 nitrogen and oxygen atoms in total. The van der Waals surface area contributed by atoms with Gasteiger partial charge in [-0.2, -0.15) is 4.98 Å². The Kier molecular flexibility index (Phi) is 3.44. The predicted molar refractivity (Wildman–Crippen MR) is 66.8 cm³/mol. The molecule has 2 heterocycles. The van der Waals surface area contributed by atoms with Crippen molar-refractivity contribution in [1.82, 2.24) is 10.1 Å². The number of anilines is 1. The number of nitrogens with zero attached hydrogens (tertiary/aromatic N) is 2. The smallest absolute Gasteiger partial charge is 0.261 e. The topological polar surface area (TPSA) is 74.2 Å². The molecule has 0 saturated carbocycles. The zero-order valence-corrected chi connectivity index (χ0v) is 10.9. The molecule has 17 heavy (non-hydrogen) atoms. The van der Waals surface area contributed by atoms with Gasteiger partial charge in [0.25, 0.3) is 5.89 Å². The van der Waals surface area contributed by atoms with E-state index in [1.54, 1.807) is 0 Å². The maximum Gasteiger partial charge on any atom is 0.261 e. The third kappa shape index (κ3) is 2.32. The highest BCUT2D eigenvalue weighted by atomic mass is 32.1. The molecule has 0 aliphatic carbocycles. The van der Waals surface area contributed by atoms with Gasteiger partial charge in [-0.15, -0.1) is 11.3 Å². The number of hydrogen-bond donors (Lipinski definition) is 1. The van der Waals surface area contributed by atoms with Crippen LogP contribution in [0.15, 0.2) is 4.52 Å². The highest BCUT2D eigenvalue weighted by Crippen LogP contribution is 2.36. The van der Waals surface area contributed by atoms with Gasteiger partial charge in [-0.25, -0.2) is 0 Å². The Morgan fingerprint density at radius 3 is 2.76 bits per heavy atom. The molecule has 0 aromatic carbocycles. The Balaban J connectivity index is 2.30. The van der Waals surface area contributed by atoms with Gasteiger partial charge in [0.2, 0.25) is 0 Å². The molecule has 0 aliphatic rings. The van der Waals surface area contributed by atoms with Crippen LogP contribution in [-0.4, -0.2) is 16.7 Å². The summed E-state index contributed by atoms with van der Waals surface area (Å²) in [4.78, 5) is 5.45. The number of nitrogens with two attached hydrogens (primary N) is 1. The third-order valence-electron chi connectivity index (χ3n) is 2.53. The van der Waals surface area contributed by atoms with Gasteiger partial charge in [-0.3, -0.25) is 0 Å². The van der Waals surface area contributed by atoms with Crippen molar-refractivity contribution in [3.8, 4) is 11.5 Å². The summed E-state index contributed by atoms with van der Waals surface area (Å²) in [5, 5.41) is 4.57. The summed E-state index contributed by atoms with van der Waals surface area (Å²) in [6.45, 7) is 6.94. The number of aromatic nitrogens is 2. The van der Waals surface area contributed by atoms with Gasteiger partial charge in [0, 0.05) is 11.5 Å². The molecule has 2 N–H and O–H groups in total. The van der Waals surface area contributed by atoms with Gasteiger partial charge in [0.05, 0.1) is 10.6 Å². The maximum atomic E-state index is 5.94. The quantitative estimate of drug-likeness (QED) is 0.906. The highest BCUT2D eigenvalue weighted by molar-refractivity contribution is 7.16. The summed E-state index contributed by atoms with van der Waals surface area (Å²) < 4.78 is 10.4. The Labute approximate surface area is 104 Å². The summed E-state index contributed by atoms with van der Waals surface area (Å²) in [6, 6.07) is 0. The van der Waals surface area contributed by atoms with E-state index in [2.05, 4.69) is 10.1 Å². The molecule has 0 spiro atoms. The SMILES string of the molecule is CCOCc1noc(-c2c(N)sc(C)c2C)n1. The average molecular weight is 253 g/mol. The number of thiophene rings is 1. The van der Waals surface area contributed by atoms with Crippen molar-refractivity contribution < 1.29 is 9.26 Å². The van der Waals surface area contributed by atoms with Crippen molar-refractivity contribution in [2.75, 3.05) is 12.3 Å². The predicted octanol–water partition coefficient (Wildman–Crippen LogP) is 2.53. The molecular weight excluding hydrogens is 238 g/mol. The molecule has 0 atom stereocenters. The molecular formula is C11H15N3O2S. The first kappa shape index (κ1) is 12.1. The molecule has 0 saturated heterocycles. The molecule has 2 rings (SSSR count). The summed E-state index contributed by atoms with van der Waals surface area (Å²) in [5.41, 5.74) is 7.89. The van der Waals surface area contributed by atoms with Crippen LogP contribution in [0.1, 0.15) is 23.2 Å². The normalized spacial score (nSPS) is 11.0. The fourth-order valence-corrected chi connectivity index (χ4v) is 2.45. The molecule has 0 bridgehead atoms. The molecule has 92 valence electrons. The largest absolute Gasteiger partial charge is 0.390 e. The van der Waals surface area contributed by atoms with E-state index in [9.17, 15) is 0 Å². The van der Waals surface area contributed by atoms with Crippen LogP contribution in [0, 0.1) is 13.8 Å². The lowest BCUT2D eigenvalue weighted by atomic mass is 10.1. The molecule has 6 heteroatoms. The first-order chi connectivity index (χ1) is 8.13. The van der Waals surface area contributed by atoms with E-state index in [4.69, 9.17) is 15.0 Å². The second kappa shape index (κ2) is 4.85. The number of rotatable bonds is 4. The van der Waals surface area contributed by atoms with Gasteiger partial charge >= 0.3 is 0 Å². The zero-order valence-electron chi connectivity index (χ0n) is 10.1. The Hall–Kier alpha value is -1.40. The number of ether oxygens (including phenoxy) is 1. The molecule has 0 unspecified atom stereocenters. The van der Waals surface area contributed by atoms with Crippen LogP contribution in [0.4, 0.5) is 5.00 Å². The first-order valence-corrected chi connectivity index (χ1v) is 6.21. The van der Waals surface area contributed by atoms with Gasteiger partial charge < -0.3 is 15.0 Å². The van der Waals surface area contributed by atoms with Crippen LogP contribution in [0.2, 0.25) is 0 Å². The van der Waals surface area contributed by atoms with Gasteiger partial charge in [0.1, 0.15) is 6.61 Å². The van der Waals surface area contributed by atoms with E-state index >= 15 is 0 Å². The summed E-state index contributed by atoms with van der Waals surface area (Å²) in [5.74, 6) is 1.02. The van der Waals surface area contributed by atoms with E-state index in [-0.39, 0.29) is 0 Å². The molecule has 0 aliphatic heterocycles. The van der Waals surface area contributed by atoms with Crippen LogP contribution >= 0.6 is 11.3 Å². The number of hydrogen-bond acceptors (Lipinski definition) is 6. The van der Waals surface area contributed by atoms with E-state index in [0.29, 0.717) is 29.9 Å². The summed E-state index contributed by atoms with van der Waals surface area (Å²) in [6.07, 6.45) is 0. The molecule has 0 radical (unpaired) electrons. The van der Waals surface area contributed by atoms with E-state index in [1.165, 1.54) is 16.2 Å². The summed E-state index contributed by atoms with van der Waals surface area (Å²) in [7, 11) is 0. The van der Waals surface area contributed by atoms with E-state index in [1.807, 2.05) is 20.8 Å². The zero-order chi connectivity index (χ0) is 12.4. The number of aryl methyl sites for hydroxylation is 1. The lowest BCUT2D eigenvalue weighted by Crippen LogP contribution is -1.94. The Bertz CT molecular complexity index is 519. The maximum absolute atomic E-state index is 5.94. The fraction of sp³-hybridized carbons (Fsp3) is 0.455. The van der Waals surface area contributed by atoms with Crippen molar-refractivity contribution >= 4 is 16.3 Å². The molecule has 2 aromatic rings. The second-order valence-corrected chi connectivity index (χ2v) is 4.93. The third-order valence-corrected chi connectivity index (χ3v) is 3.57. The van der Waals surface area contributed by atoms with Crippen molar-refractivity contribution in [1.29, 1.82) is 0 Å². The fourth-order valence-electron chi connectivity index (χ4n) is 1.53. The molecule has 0 amide bonds. The Morgan fingerprint density at radius 1 is 1.41 bits per heavy atom. The van der Waals surface area contributed by atoms with E-state index in [0.717, 1.165) is 11.1 Å². The van der Waals surface area contributed by atoms with Gasteiger partial charge in [-0.1, -0.05) is 5.16 Å². The van der Waals surface area contributed by atoms with Crippen LogP contribution in [0.5, 0.6) is 0 Å². The Morgan fingerprint density at radius 2 is 2.18 bits per heavy atom. The molecule has 0 fully saturated rings. The second-order valence-electron chi connectivity index (χ2n) is 3.68. The minimum absolute atomic E-state index is 0.363.